The van der Waals surface area contributed by atoms with Crippen LogP contribution in [0.4, 0.5) is 0 Å². The van der Waals surface area contributed by atoms with Crippen molar-refractivity contribution in [3.63, 3.8) is 0 Å². The van der Waals surface area contributed by atoms with Crippen LogP contribution >= 0.6 is 0 Å². The van der Waals surface area contributed by atoms with E-state index in [9.17, 15) is 4.79 Å². The Kier molecular flexibility index (Phi) is 6.87. The number of ether oxygens (including phenoxy) is 1. The third-order valence-electron chi connectivity index (χ3n) is 4.10. The molecule has 0 aliphatic carbocycles. The van der Waals surface area contributed by atoms with Crippen LogP contribution in [0.3, 0.4) is 0 Å². The molecule has 1 aliphatic heterocycles. The molecule has 1 aromatic rings. The molecule has 4 heteroatoms. The van der Waals surface area contributed by atoms with Crippen LogP contribution in [0.5, 0.6) is 0 Å². The summed E-state index contributed by atoms with van der Waals surface area (Å²) in [4.78, 5) is 16.8. The Bertz CT molecular complexity index is 442. The van der Waals surface area contributed by atoms with Crippen molar-refractivity contribution in [2.24, 2.45) is 5.92 Å². The van der Waals surface area contributed by atoms with Crippen molar-refractivity contribution in [3.8, 4) is 0 Å². The van der Waals surface area contributed by atoms with E-state index in [0.29, 0.717) is 18.9 Å². The molecule has 4 nitrogen and oxygen atoms in total. The van der Waals surface area contributed by atoms with E-state index in [1.165, 1.54) is 5.56 Å². The molecule has 1 aliphatic rings. The molecule has 1 saturated heterocycles. The fourth-order valence-electron chi connectivity index (χ4n) is 2.76. The van der Waals surface area contributed by atoms with Crippen LogP contribution in [-0.4, -0.2) is 56.1 Å². The Morgan fingerprint density at radius 2 is 2.00 bits per heavy atom. The van der Waals surface area contributed by atoms with Crippen molar-refractivity contribution in [3.05, 3.63) is 35.9 Å². The Morgan fingerprint density at radius 3 is 2.64 bits per heavy atom. The molecule has 2 rings (SSSR count). The summed E-state index contributed by atoms with van der Waals surface area (Å²) in [6, 6.07) is 10.2. The van der Waals surface area contributed by atoms with E-state index in [2.05, 4.69) is 17.0 Å². The largest absolute Gasteiger partial charge is 0.381 e. The lowest BCUT2D eigenvalue weighted by Gasteiger charge is -2.28. The molecule has 0 bridgehead atoms. The van der Waals surface area contributed by atoms with Gasteiger partial charge in [0.1, 0.15) is 0 Å². The Morgan fingerprint density at radius 1 is 1.23 bits per heavy atom. The summed E-state index contributed by atoms with van der Waals surface area (Å²) >= 11 is 0. The van der Waals surface area contributed by atoms with Gasteiger partial charge < -0.3 is 14.5 Å². The zero-order valence-electron chi connectivity index (χ0n) is 13.8. The fraction of sp³-hybridized carbons (Fsp3) is 0.611. The second kappa shape index (κ2) is 8.91. The molecule has 122 valence electrons. The summed E-state index contributed by atoms with van der Waals surface area (Å²) in [6.45, 7) is 3.94. The van der Waals surface area contributed by atoms with E-state index in [-0.39, 0.29) is 5.91 Å². The molecule has 1 heterocycles. The zero-order valence-corrected chi connectivity index (χ0v) is 13.8. The topological polar surface area (TPSA) is 32.8 Å². The number of hydrogen-bond acceptors (Lipinski definition) is 3. The first-order valence-corrected chi connectivity index (χ1v) is 8.19. The first-order valence-electron chi connectivity index (χ1n) is 8.19. The molecule has 0 aromatic heterocycles. The SMILES string of the molecule is CN(C)CCN(Cc1ccccc1)C(=O)C[C@H]1CCCOC1. The average Bonchev–Trinajstić information content (AvgIpc) is 2.53. The van der Waals surface area contributed by atoms with E-state index in [4.69, 9.17) is 4.74 Å². The Labute approximate surface area is 134 Å². The van der Waals surface area contributed by atoms with Crippen molar-refractivity contribution in [2.75, 3.05) is 40.4 Å². The van der Waals surface area contributed by atoms with Gasteiger partial charge in [-0.1, -0.05) is 30.3 Å². The fourth-order valence-corrected chi connectivity index (χ4v) is 2.76. The number of carbonyl (C=O) groups is 1. The number of hydrogen-bond donors (Lipinski definition) is 0. The van der Waals surface area contributed by atoms with Gasteiger partial charge in [0.05, 0.1) is 0 Å². The summed E-state index contributed by atoms with van der Waals surface area (Å²) in [5, 5.41) is 0. The molecule has 22 heavy (non-hydrogen) atoms. The smallest absolute Gasteiger partial charge is 0.223 e. The van der Waals surface area contributed by atoms with Crippen molar-refractivity contribution in [1.29, 1.82) is 0 Å². The molecule has 1 fully saturated rings. The van der Waals surface area contributed by atoms with E-state index < -0.39 is 0 Å². The van der Waals surface area contributed by atoms with Crippen molar-refractivity contribution in [2.45, 2.75) is 25.8 Å². The maximum atomic E-state index is 12.7. The lowest BCUT2D eigenvalue weighted by atomic mass is 9.98. The van der Waals surface area contributed by atoms with Crippen LogP contribution in [0.25, 0.3) is 0 Å². The number of likely N-dealkylation sites (N-methyl/N-ethyl adjacent to an activating group) is 1. The number of nitrogens with zero attached hydrogens (tertiary/aromatic N) is 2. The van der Waals surface area contributed by atoms with E-state index in [1.54, 1.807) is 0 Å². The minimum absolute atomic E-state index is 0.251. The predicted octanol–water partition coefficient (Wildman–Crippen LogP) is 2.39. The normalized spacial score (nSPS) is 18.4. The molecule has 0 unspecified atom stereocenters. The maximum Gasteiger partial charge on any atom is 0.223 e. The first kappa shape index (κ1) is 17.0. The van der Waals surface area contributed by atoms with Gasteiger partial charge in [0.15, 0.2) is 0 Å². The maximum absolute atomic E-state index is 12.7. The average molecular weight is 304 g/mol. The second-order valence-corrected chi connectivity index (χ2v) is 6.39. The Balaban J connectivity index is 1.94. The minimum atomic E-state index is 0.251. The van der Waals surface area contributed by atoms with Gasteiger partial charge in [0.25, 0.3) is 0 Å². The first-order chi connectivity index (χ1) is 10.6. The van der Waals surface area contributed by atoms with Crippen LogP contribution in [0, 0.1) is 5.92 Å². The lowest BCUT2D eigenvalue weighted by Crippen LogP contribution is -2.37. The lowest BCUT2D eigenvalue weighted by molar-refractivity contribution is -0.134. The quantitative estimate of drug-likeness (QED) is 0.775. The summed E-state index contributed by atoms with van der Waals surface area (Å²) in [5.41, 5.74) is 1.19. The molecular weight excluding hydrogens is 276 g/mol. The second-order valence-electron chi connectivity index (χ2n) is 6.39. The third-order valence-corrected chi connectivity index (χ3v) is 4.10. The Hall–Kier alpha value is -1.39. The van der Waals surface area contributed by atoms with Gasteiger partial charge in [-0.25, -0.2) is 0 Å². The van der Waals surface area contributed by atoms with E-state index in [1.807, 2.05) is 37.2 Å². The molecule has 0 spiro atoms. The summed E-state index contributed by atoms with van der Waals surface area (Å²) < 4.78 is 5.50. The van der Waals surface area contributed by atoms with E-state index in [0.717, 1.165) is 39.1 Å². The monoisotopic (exact) mass is 304 g/mol. The van der Waals surface area contributed by atoms with Crippen LogP contribution in [0.15, 0.2) is 30.3 Å². The van der Waals surface area contributed by atoms with Gasteiger partial charge in [0, 0.05) is 39.3 Å². The highest BCUT2D eigenvalue weighted by atomic mass is 16.5. The summed E-state index contributed by atoms with van der Waals surface area (Å²) in [6.07, 6.45) is 2.80. The van der Waals surface area contributed by atoms with Gasteiger partial charge in [-0.05, 0) is 38.4 Å². The number of amides is 1. The van der Waals surface area contributed by atoms with Crippen LogP contribution in [0.2, 0.25) is 0 Å². The number of benzene rings is 1. The predicted molar refractivity (Wildman–Crippen MR) is 88.6 cm³/mol. The van der Waals surface area contributed by atoms with Gasteiger partial charge >= 0.3 is 0 Å². The van der Waals surface area contributed by atoms with Crippen molar-refractivity contribution < 1.29 is 9.53 Å². The van der Waals surface area contributed by atoms with E-state index >= 15 is 0 Å². The number of carbonyl (C=O) groups excluding carboxylic acids is 1. The summed E-state index contributed by atoms with van der Waals surface area (Å²) in [5.74, 6) is 0.639. The highest BCUT2D eigenvalue weighted by molar-refractivity contribution is 5.76. The molecule has 0 saturated carbocycles. The van der Waals surface area contributed by atoms with Gasteiger partial charge in [-0.15, -0.1) is 0 Å². The van der Waals surface area contributed by atoms with Gasteiger partial charge in [-0.2, -0.15) is 0 Å². The molecule has 0 radical (unpaired) electrons. The molecule has 1 amide bonds. The molecule has 0 N–H and O–H groups in total. The van der Waals surface area contributed by atoms with Crippen molar-refractivity contribution in [1.82, 2.24) is 9.80 Å². The van der Waals surface area contributed by atoms with Crippen LogP contribution < -0.4 is 0 Å². The van der Waals surface area contributed by atoms with Crippen LogP contribution in [0.1, 0.15) is 24.8 Å². The highest BCUT2D eigenvalue weighted by Crippen LogP contribution is 2.19. The molecule has 1 atom stereocenters. The standard InChI is InChI=1S/C18H28N2O2/c1-19(2)10-11-20(14-16-7-4-3-5-8-16)18(21)13-17-9-6-12-22-15-17/h3-5,7-8,17H,6,9-15H2,1-2H3/t17-/m1/s1. The number of rotatable bonds is 7. The molecular formula is C18H28N2O2. The summed E-state index contributed by atoms with van der Waals surface area (Å²) in [7, 11) is 4.08. The van der Waals surface area contributed by atoms with Crippen molar-refractivity contribution >= 4 is 5.91 Å². The van der Waals surface area contributed by atoms with Gasteiger partial charge in [-0.3, -0.25) is 4.79 Å². The zero-order chi connectivity index (χ0) is 15.8. The third kappa shape index (κ3) is 5.78. The highest BCUT2D eigenvalue weighted by Gasteiger charge is 2.21. The van der Waals surface area contributed by atoms with Crippen LogP contribution in [-0.2, 0) is 16.1 Å². The van der Waals surface area contributed by atoms with Gasteiger partial charge in [0.2, 0.25) is 5.91 Å². The minimum Gasteiger partial charge on any atom is -0.381 e. The molecule has 1 aromatic carbocycles.